The summed E-state index contributed by atoms with van der Waals surface area (Å²) < 4.78 is 0. The Bertz CT molecular complexity index is 336. The SMILES string of the molecule is CC(C)CCCC(=O)c1ccnc(Cl)c1. The van der Waals surface area contributed by atoms with Crippen molar-refractivity contribution >= 4 is 17.4 Å². The van der Waals surface area contributed by atoms with E-state index < -0.39 is 0 Å². The smallest absolute Gasteiger partial charge is 0.163 e. The van der Waals surface area contributed by atoms with Crippen LogP contribution >= 0.6 is 11.6 Å². The fourth-order valence-electron chi connectivity index (χ4n) is 1.39. The fraction of sp³-hybridized carbons (Fsp3) is 0.500. The molecule has 0 fully saturated rings. The normalized spacial score (nSPS) is 10.7. The Hall–Kier alpha value is -0.890. The van der Waals surface area contributed by atoms with Crippen molar-refractivity contribution in [1.82, 2.24) is 4.98 Å². The Balaban J connectivity index is 2.47. The standard InChI is InChI=1S/C12H16ClNO/c1-9(2)4-3-5-11(15)10-6-7-14-12(13)8-10/h6-9H,3-5H2,1-2H3. The maximum atomic E-state index is 11.7. The third kappa shape index (κ3) is 4.43. The fourth-order valence-corrected chi connectivity index (χ4v) is 1.57. The number of aromatic nitrogens is 1. The van der Waals surface area contributed by atoms with Crippen molar-refractivity contribution in [1.29, 1.82) is 0 Å². The lowest BCUT2D eigenvalue weighted by atomic mass is 10.0. The molecule has 82 valence electrons. The average Bonchev–Trinajstić information content (AvgIpc) is 2.17. The van der Waals surface area contributed by atoms with Gasteiger partial charge in [0.2, 0.25) is 0 Å². The van der Waals surface area contributed by atoms with Crippen molar-refractivity contribution in [3.05, 3.63) is 29.0 Å². The summed E-state index contributed by atoms with van der Waals surface area (Å²) in [7, 11) is 0. The van der Waals surface area contributed by atoms with Crippen molar-refractivity contribution in [2.24, 2.45) is 5.92 Å². The van der Waals surface area contributed by atoms with Crippen LogP contribution in [0.5, 0.6) is 0 Å². The number of carbonyl (C=O) groups excluding carboxylic acids is 1. The number of halogens is 1. The number of hydrogen-bond donors (Lipinski definition) is 0. The zero-order chi connectivity index (χ0) is 11.3. The molecule has 1 aromatic rings. The predicted molar refractivity (Wildman–Crippen MR) is 62.3 cm³/mol. The molecule has 0 spiro atoms. The van der Waals surface area contributed by atoms with Gasteiger partial charge in [0.25, 0.3) is 0 Å². The molecular weight excluding hydrogens is 210 g/mol. The minimum Gasteiger partial charge on any atom is -0.294 e. The van der Waals surface area contributed by atoms with E-state index in [1.165, 1.54) is 0 Å². The molecule has 0 aliphatic heterocycles. The minimum absolute atomic E-state index is 0.153. The van der Waals surface area contributed by atoms with Gasteiger partial charge in [0, 0.05) is 18.2 Å². The minimum atomic E-state index is 0.153. The quantitative estimate of drug-likeness (QED) is 0.564. The van der Waals surface area contributed by atoms with Crippen LogP contribution in [0.3, 0.4) is 0 Å². The molecule has 2 nitrogen and oxygen atoms in total. The van der Waals surface area contributed by atoms with Gasteiger partial charge in [-0.1, -0.05) is 31.9 Å². The van der Waals surface area contributed by atoms with E-state index in [-0.39, 0.29) is 5.78 Å². The van der Waals surface area contributed by atoms with Gasteiger partial charge in [-0.05, 0) is 24.5 Å². The Morgan fingerprint density at radius 1 is 1.53 bits per heavy atom. The molecule has 3 heteroatoms. The highest BCUT2D eigenvalue weighted by atomic mass is 35.5. The number of carbonyl (C=O) groups is 1. The highest BCUT2D eigenvalue weighted by Crippen LogP contribution is 2.13. The Morgan fingerprint density at radius 2 is 2.27 bits per heavy atom. The summed E-state index contributed by atoms with van der Waals surface area (Å²) in [5.41, 5.74) is 0.666. The van der Waals surface area contributed by atoms with Crippen LogP contribution in [0.25, 0.3) is 0 Å². The summed E-state index contributed by atoms with van der Waals surface area (Å²) in [6.07, 6.45) is 4.19. The maximum absolute atomic E-state index is 11.7. The Morgan fingerprint density at radius 3 is 2.87 bits per heavy atom. The summed E-state index contributed by atoms with van der Waals surface area (Å²) in [6.45, 7) is 4.32. The maximum Gasteiger partial charge on any atom is 0.163 e. The van der Waals surface area contributed by atoms with Crippen LogP contribution < -0.4 is 0 Å². The van der Waals surface area contributed by atoms with Gasteiger partial charge < -0.3 is 0 Å². The number of nitrogens with zero attached hydrogens (tertiary/aromatic N) is 1. The molecule has 0 amide bonds. The second-order valence-corrected chi connectivity index (χ2v) is 4.46. The third-order valence-corrected chi connectivity index (χ3v) is 2.44. The predicted octanol–water partition coefficient (Wildman–Crippen LogP) is 3.74. The summed E-state index contributed by atoms with van der Waals surface area (Å²) >= 11 is 5.71. The van der Waals surface area contributed by atoms with E-state index >= 15 is 0 Å². The summed E-state index contributed by atoms with van der Waals surface area (Å²) in [6, 6.07) is 3.34. The molecule has 0 atom stereocenters. The van der Waals surface area contributed by atoms with E-state index in [1.54, 1.807) is 18.3 Å². The first-order valence-electron chi connectivity index (χ1n) is 5.24. The van der Waals surface area contributed by atoms with Crippen molar-refractivity contribution in [3.8, 4) is 0 Å². The van der Waals surface area contributed by atoms with Gasteiger partial charge in [0.15, 0.2) is 5.78 Å². The van der Waals surface area contributed by atoms with Gasteiger partial charge in [-0.15, -0.1) is 0 Å². The zero-order valence-electron chi connectivity index (χ0n) is 9.16. The molecule has 1 rings (SSSR count). The highest BCUT2D eigenvalue weighted by Gasteiger charge is 2.06. The highest BCUT2D eigenvalue weighted by molar-refractivity contribution is 6.29. The van der Waals surface area contributed by atoms with Crippen molar-refractivity contribution < 1.29 is 4.79 Å². The lowest BCUT2D eigenvalue weighted by molar-refractivity contribution is 0.0978. The second-order valence-electron chi connectivity index (χ2n) is 4.08. The van der Waals surface area contributed by atoms with E-state index in [1.807, 2.05) is 0 Å². The molecule has 15 heavy (non-hydrogen) atoms. The average molecular weight is 226 g/mol. The van der Waals surface area contributed by atoms with Crippen LogP contribution in [0.1, 0.15) is 43.5 Å². The zero-order valence-corrected chi connectivity index (χ0v) is 9.92. The Labute approximate surface area is 95.7 Å². The lowest BCUT2D eigenvalue weighted by Gasteiger charge is -2.03. The topological polar surface area (TPSA) is 30.0 Å². The third-order valence-electron chi connectivity index (χ3n) is 2.23. The van der Waals surface area contributed by atoms with Crippen LogP contribution in [0.2, 0.25) is 5.15 Å². The van der Waals surface area contributed by atoms with E-state index in [2.05, 4.69) is 18.8 Å². The van der Waals surface area contributed by atoms with Crippen LogP contribution in [0.15, 0.2) is 18.3 Å². The lowest BCUT2D eigenvalue weighted by Crippen LogP contribution is -2.00. The van der Waals surface area contributed by atoms with Gasteiger partial charge in [-0.25, -0.2) is 4.98 Å². The van der Waals surface area contributed by atoms with Crippen molar-refractivity contribution in [2.75, 3.05) is 0 Å². The van der Waals surface area contributed by atoms with Gasteiger partial charge in [-0.3, -0.25) is 4.79 Å². The van der Waals surface area contributed by atoms with E-state index in [9.17, 15) is 4.79 Å². The number of pyridine rings is 1. The molecule has 0 saturated heterocycles. The molecule has 0 saturated carbocycles. The molecule has 0 bridgehead atoms. The van der Waals surface area contributed by atoms with Gasteiger partial charge >= 0.3 is 0 Å². The summed E-state index contributed by atoms with van der Waals surface area (Å²) in [5.74, 6) is 0.804. The monoisotopic (exact) mass is 225 g/mol. The number of ketones is 1. The summed E-state index contributed by atoms with van der Waals surface area (Å²) in [5, 5.41) is 0.379. The van der Waals surface area contributed by atoms with E-state index in [0.29, 0.717) is 23.1 Å². The second kappa shape index (κ2) is 5.86. The Kier molecular flexibility index (Phi) is 4.76. The van der Waals surface area contributed by atoms with Crippen LogP contribution in [0.4, 0.5) is 0 Å². The molecule has 0 radical (unpaired) electrons. The van der Waals surface area contributed by atoms with Crippen LogP contribution in [-0.2, 0) is 0 Å². The molecule has 0 aliphatic carbocycles. The van der Waals surface area contributed by atoms with Gasteiger partial charge in [0.05, 0.1) is 0 Å². The first-order chi connectivity index (χ1) is 7.09. The summed E-state index contributed by atoms with van der Waals surface area (Å²) in [4.78, 5) is 15.5. The first-order valence-corrected chi connectivity index (χ1v) is 5.62. The molecule has 0 N–H and O–H groups in total. The molecule has 0 unspecified atom stereocenters. The van der Waals surface area contributed by atoms with Crippen LogP contribution in [-0.4, -0.2) is 10.8 Å². The van der Waals surface area contributed by atoms with E-state index in [4.69, 9.17) is 11.6 Å². The number of hydrogen-bond acceptors (Lipinski definition) is 2. The molecule has 0 aromatic carbocycles. The largest absolute Gasteiger partial charge is 0.294 e. The number of rotatable bonds is 5. The van der Waals surface area contributed by atoms with Crippen molar-refractivity contribution in [3.63, 3.8) is 0 Å². The number of Topliss-reactive ketones (excluding diaryl/α,β-unsaturated/α-hetero) is 1. The first kappa shape index (κ1) is 12.2. The molecule has 1 aromatic heterocycles. The van der Waals surface area contributed by atoms with Crippen molar-refractivity contribution in [2.45, 2.75) is 33.1 Å². The van der Waals surface area contributed by atoms with E-state index in [0.717, 1.165) is 12.8 Å². The molecule has 1 heterocycles. The van der Waals surface area contributed by atoms with Gasteiger partial charge in [0.1, 0.15) is 5.15 Å². The van der Waals surface area contributed by atoms with Crippen LogP contribution in [0, 0.1) is 5.92 Å². The molecular formula is C12H16ClNO. The molecule has 0 aliphatic rings. The van der Waals surface area contributed by atoms with Gasteiger partial charge in [-0.2, -0.15) is 0 Å².